The van der Waals surface area contributed by atoms with Crippen LogP contribution in [0, 0.1) is 6.92 Å². The van der Waals surface area contributed by atoms with Crippen molar-refractivity contribution in [1.29, 1.82) is 0 Å². The second-order valence-corrected chi connectivity index (χ2v) is 11.9. The molecule has 0 atom stereocenters. The van der Waals surface area contributed by atoms with E-state index in [-0.39, 0.29) is 11.6 Å². The summed E-state index contributed by atoms with van der Waals surface area (Å²) in [6.45, 7) is 18.4. The Balaban J connectivity index is 3.56. The molecule has 10 heteroatoms. The maximum Gasteiger partial charge on any atom is 0.425 e. The van der Waals surface area contributed by atoms with Gasteiger partial charge in [0.05, 0.1) is 0 Å². The second kappa shape index (κ2) is 11.9. The van der Waals surface area contributed by atoms with E-state index in [0.717, 1.165) is 11.4 Å². The molecule has 1 heterocycles. The van der Waals surface area contributed by atoms with Crippen molar-refractivity contribution in [2.45, 2.75) is 92.5 Å². The van der Waals surface area contributed by atoms with Crippen molar-refractivity contribution in [2.24, 2.45) is 0 Å². The summed E-state index contributed by atoms with van der Waals surface area (Å²) >= 11 is 0. The van der Waals surface area contributed by atoms with Crippen LogP contribution >= 0.6 is 0 Å². The molecule has 10 nitrogen and oxygen atoms in total. The minimum atomic E-state index is -0.933. The van der Waals surface area contributed by atoms with Gasteiger partial charge < -0.3 is 19.1 Å². The number of carbonyl (C=O) groups excluding carboxylic acids is 3. The Morgan fingerprint density at radius 3 is 1.56 bits per heavy atom. The molecule has 0 aliphatic carbocycles. The van der Waals surface area contributed by atoms with E-state index in [4.69, 9.17) is 14.2 Å². The van der Waals surface area contributed by atoms with Crippen LogP contribution in [0.5, 0.6) is 0 Å². The molecule has 0 aliphatic heterocycles. The molecule has 204 valence electrons. The molecule has 0 saturated carbocycles. The number of ether oxygens (including phenoxy) is 3. The van der Waals surface area contributed by atoms with Crippen LogP contribution in [0.4, 0.5) is 26.0 Å². The Morgan fingerprint density at radius 2 is 1.14 bits per heavy atom. The van der Waals surface area contributed by atoms with Gasteiger partial charge >= 0.3 is 18.3 Å². The van der Waals surface area contributed by atoms with Crippen molar-refractivity contribution >= 4 is 29.9 Å². The SMILES string of the molecule is Cc1cc(N(CCCN(C)C)C(=O)OC(C)(C)C)nc(N(C(=O)OC(C)(C)C)C(=O)OC(C)(C)C)c1. The molecule has 3 amide bonds. The Hall–Kier alpha value is -2.88. The lowest BCUT2D eigenvalue weighted by molar-refractivity contribution is 0.0428. The number of aryl methyl sites for hydroxylation is 1. The summed E-state index contributed by atoms with van der Waals surface area (Å²) in [5.41, 5.74) is -1.77. The van der Waals surface area contributed by atoms with Crippen LogP contribution in [0.15, 0.2) is 12.1 Å². The van der Waals surface area contributed by atoms with E-state index < -0.39 is 35.1 Å². The predicted octanol–water partition coefficient (Wildman–Crippen LogP) is 5.76. The summed E-state index contributed by atoms with van der Waals surface area (Å²) in [6.07, 6.45) is -1.79. The highest BCUT2D eigenvalue weighted by atomic mass is 16.6. The number of aromatic nitrogens is 1. The van der Waals surface area contributed by atoms with E-state index in [0.29, 0.717) is 18.5 Å². The number of nitrogens with zero attached hydrogens (tertiary/aromatic N) is 4. The first-order valence-electron chi connectivity index (χ1n) is 12.1. The van der Waals surface area contributed by atoms with Crippen LogP contribution in [-0.2, 0) is 14.2 Å². The first-order valence-corrected chi connectivity index (χ1v) is 12.1. The van der Waals surface area contributed by atoms with Crippen LogP contribution in [-0.4, -0.2) is 72.2 Å². The topological polar surface area (TPSA) is 102 Å². The van der Waals surface area contributed by atoms with Gasteiger partial charge in [-0.1, -0.05) is 0 Å². The van der Waals surface area contributed by atoms with Crippen molar-refractivity contribution in [2.75, 3.05) is 37.0 Å². The fraction of sp³-hybridized carbons (Fsp3) is 0.692. The van der Waals surface area contributed by atoms with Gasteiger partial charge in [-0.3, -0.25) is 4.90 Å². The number of carbonyl (C=O) groups is 3. The Morgan fingerprint density at radius 1 is 0.722 bits per heavy atom. The number of pyridine rings is 1. The van der Waals surface area contributed by atoms with E-state index in [2.05, 4.69) is 4.98 Å². The van der Waals surface area contributed by atoms with Gasteiger partial charge in [-0.05, 0) is 114 Å². The summed E-state index contributed by atoms with van der Waals surface area (Å²) in [4.78, 5) is 48.0. The molecule has 1 aromatic heterocycles. The van der Waals surface area contributed by atoms with Crippen molar-refractivity contribution in [3.05, 3.63) is 17.7 Å². The largest absolute Gasteiger partial charge is 0.443 e. The van der Waals surface area contributed by atoms with E-state index >= 15 is 0 Å². The predicted molar refractivity (Wildman–Crippen MR) is 141 cm³/mol. The van der Waals surface area contributed by atoms with Crippen LogP contribution in [0.2, 0.25) is 0 Å². The fourth-order valence-electron chi connectivity index (χ4n) is 2.92. The number of hydrogen-bond acceptors (Lipinski definition) is 8. The van der Waals surface area contributed by atoms with Crippen LogP contribution in [0.25, 0.3) is 0 Å². The van der Waals surface area contributed by atoms with Gasteiger partial charge in [0, 0.05) is 6.54 Å². The molecule has 1 aromatic rings. The maximum atomic E-state index is 13.1. The van der Waals surface area contributed by atoms with Crippen molar-refractivity contribution < 1.29 is 28.6 Å². The third-order valence-electron chi connectivity index (χ3n) is 4.20. The molecule has 0 bridgehead atoms. The standard InChI is InChI=1S/C26H44N4O6/c1-18-16-19(29(15-13-14-28(11)12)21(31)34-24(2,3)4)27-20(17-18)30(22(32)35-25(5,6)7)23(33)36-26(8,9)10/h16-17H,13-15H2,1-12H3. The van der Waals surface area contributed by atoms with Crippen molar-refractivity contribution in [1.82, 2.24) is 9.88 Å². The highest BCUT2D eigenvalue weighted by molar-refractivity contribution is 6.09. The van der Waals surface area contributed by atoms with Gasteiger partial charge in [-0.2, -0.15) is 4.90 Å². The van der Waals surface area contributed by atoms with Gasteiger partial charge in [-0.15, -0.1) is 0 Å². The normalized spacial score (nSPS) is 12.2. The molecule has 0 aliphatic rings. The molecule has 0 spiro atoms. The van der Waals surface area contributed by atoms with E-state index in [1.54, 1.807) is 81.4 Å². The molecule has 0 N–H and O–H groups in total. The number of rotatable bonds is 6. The number of hydrogen-bond donors (Lipinski definition) is 0. The summed E-state index contributed by atoms with van der Waals surface area (Å²) in [6, 6.07) is 3.26. The lowest BCUT2D eigenvalue weighted by Gasteiger charge is -2.30. The van der Waals surface area contributed by atoms with E-state index in [9.17, 15) is 14.4 Å². The first-order chi connectivity index (χ1) is 16.2. The Labute approximate surface area is 215 Å². The zero-order chi connectivity index (χ0) is 28.1. The molecule has 0 aromatic carbocycles. The first kappa shape index (κ1) is 31.2. The lowest BCUT2D eigenvalue weighted by atomic mass is 10.2. The second-order valence-electron chi connectivity index (χ2n) is 11.9. The Kier molecular flexibility index (Phi) is 10.3. The molecule has 0 fully saturated rings. The zero-order valence-corrected chi connectivity index (χ0v) is 24.0. The summed E-state index contributed by atoms with van der Waals surface area (Å²) < 4.78 is 16.6. The smallest absolute Gasteiger partial charge is 0.425 e. The number of amides is 3. The van der Waals surface area contributed by atoms with E-state index in [1.165, 1.54) is 4.90 Å². The van der Waals surface area contributed by atoms with E-state index in [1.807, 2.05) is 19.0 Å². The molecule has 0 unspecified atom stereocenters. The Bertz CT molecular complexity index is 898. The van der Waals surface area contributed by atoms with Crippen molar-refractivity contribution in [3.63, 3.8) is 0 Å². The van der Waals surface area contributed by atoms with Gasteiger partial charge in [0.2, 0.25) is 0 Å². The van der Waals surface area contributed by atoms with Crippen molar-refractivity contribution in [3.8, 4) is 0 Å². The highest BCUT2D eigenvalue weighted by Gasteiger charge is 2.34. The zero-order valence-electron chi connectivity index (χ0n) is 24.0. The lowest BCUT2D eigenvalue weighted by Crippen LogP contribution is -2.44. The van der Waals surface area contributed by atoms with Crippen LogP contribution in [0.1, 0.15) is 74.3 Å². The maximum absolute atomic E-state index is 13.1. The highest BCUT2D eigenvalue weighted by Crippen LogP contribution is 2.26. The average molecular weight is 509 g/mol. The molecular weight excluding hydrogens is 464 g/mol. The average Bonchev–Trinajstić information content (AvgIpc) is 2.60. The van der Waals surface area contributed by atoms with Crippen LogP contribution in [0.3, 0.4) is 0 Å². The quantitative estimate of drug-likeness (QED) is 0.447. The summed E-state index contributed by atoms with van der Waals surface area (Å²) in [7, 11) is 3.89. The molecule has 0 saturated heterocycles. The summed E-state index contributed by atoms with van der Waals surface area (Å²) in [5, 5.41) is 0. The fourth-order valence-corrected chi connectivity index (χ4v) is 2.92. The van der Waals surface area contributed by atoms with Gasteiger partial charge in [0.15, 0.2) is 5.82 Å². The molecule has 0 radical (unpaired) electrons. The monoisotopic (exact) mass is 508 g/mol. The molecular formula is C26H44N4O6. The number of anilines is 2. The summed E-state index contributed by atoms with van der Waals surface area (Å²) in [5.74, 6) is 0.227. The number of imide groups is 1. The third kappa shape index (κ3) is 11.2. The van der Waals surface area contributed by atoms with Gasteiger partial charge in [0.1, 0.15) is 22.6 Å². The molecule has 36 heavy (non-hydrogen) atoms. The van der Waals surface area contributed by atoms with Gasteiger partial charge in [-0.25, -0.2) is 19.4 Å². The third-order valence-corrected chi connectivity index (χ3v) is 4.20. The molecule has 1 rings (SSSR count). The minimum absolute atomic E-state index is 0.0188. The van der Waals surface area contributed by atoms with Crippen LogP contribution < -0.4 is 9.80 Å². The minimum Gasteiger partial charge on any atom is -0.443 e. The van der Waals surface area contributed by atoms with Gasteiger partial charge in [0.25, 0.3) is 0 Å².